The summed E-state index contributed by atoms with van der Waals surface area (Å²) >= 11 is 0. The molecule has 0 aromatic carbocycles. The van der Waals surface area contributed by atoms with Crippen molar-refractivity contribution >= 4 is 11.9 Å². The Hall–Kier alpha value is -1.98. The molecule has 0 aliphatic heterocycles. The van der Waals surface area contributed by atoms with Gasteiger partial charge in [0.05, 0.1) is 6.20 Å². The molecular formula is C7H9N3O3. The van der Waals surface area contributed by atoms with Crippen molar-refractivity contribution in [2.45, 2.75) is 6.92 Å². The van der Waals surface area contributed by atoms with Gasteiger partial charge in [0.15, 0.2) is 5.69 Å². The van der Waals surface area contributed by atoms with Crippen LogP contribution in [0.5, 0.6) is 0 Å². The summed E-state index contributed by atoms with van der Waals surface area (Å²) in [6.45, 7) is 1.31. The van der Waals surface area contributed by atoms with E-state index in [0.29, 0.717) is 0 Å². The van der Waals surface area contributed by atoms with E-state index in [0.717, 1.165) is 0 Å². The normalized spacial score (nSPS) is 8.08. The van der Waals surface area contributed by atoms with Gasteiger partial charge in [-0.1, -0.05) is 0 Å². The third kappa shape index (κ3) is 6.42. The smallest absolute Gasteiger partial charge is 0.356 e. The lowest BCUT2D eigenvalue weighted by Crippen LogP contribution is -2.01. The van der Waals surface area contributed by atoms with Gasteiger partial charge < -0.3 is 10.8 Å². The van der Waals surface area contributed by atoms with Gasteiger partial charge >= 0.3 is 5.97 Å². The summed E-state index contributed by atoms with van der Waals surface area (Å²) < 4.78 is 0. The second-order valence-electron chi connectivity index (χ2n) is 2.01. The van der Waals surface area contributed by atoms with Crippen LogP contribution in [-0.4, -0.2) is 27.0 Å². The molecule has 0 unspecified atom stereocenters. The van der Waals surface area contributed by atoms with Crippen LogP contribution in [0.1, 0.15) is 17.4 Å². The quantitative estimate of drug-likeness (QED) is 0.619. The molecule has 0 bridgehead atoms. The lowest BCUT2D eigenvalue weighted by molar-refractivity contribution is -0.115. The van der Waals surface area contributed by atoms with Crippen molar-refractivity contribution in [3.8, 4) is 0 Å². The number of carbonyl (C=O) groups excluding carboxylic acids is 1. The van der Waals surface area contributed by atoms with Crippen molar-refractivity contribution in [2.75, 3.05) is 0 Å². The van der Waals surface area contributed by atoms with E-state index in [9.17, 15) is 9.59 Å². The zero-order chi connectivity index (χ0) is 10.3. The molecule has 70 valence electrons. The third-order valence-electron chi connectivity index (χ3n) is 0.782. The Kier molecular flexibility index (Phi) is 4.78. The van der Waals surface area contributed by atoms with Crippen molar-refractivity contribution in [3.05, 3.63) is 24.3 Å². The van der Waals surface area contributed by atoms with Crippen LogP contribution in [0.15, 0.2) is 18.6 Å². The van der Waals surface area contributed by atoms with Crippen LogP contribution in [0.25, 0.3) is 0 Å². The molecule has 1 amide bonds. The summed E-state index contributed by atoms with van der Waals surface area (Å²) in [5, 5.41) is 8.28. The first-order valence-electron chi connectivity index (χ1n) is 3.29. The fraction of sp³-hybridized carbons (Fsp3) is 0.143. The number of nitrogens with two attached hydrogens (primary N) is 1. The van der Waals surface area contributed by atoms with Crippen LogP contribution in [-0.2, 0) is 4.79 Å². The van der Waals surface area contributed by atoms with Crippen molar-refractivity contribution in [1.29, 1.82) is 0 Å². The number of primary amides is 1. The highest BCUT2D eigenvalue weighted by atomic mass is 16.4. The highest BCUT2D eigenvalue weighted by Crippen LogP contribution is 1.86. The molecular weight excluding hydrogens is 174 g/mol. The standard InChI is InChI=1S/C5H4N2O2.C2H5NO/c8-5(9)4-3-6-1-2-7-4;1-2(3)4/h1-3H,(H,8,9);1H3,(H2,3,4). The second kappa shape index (κ2) is 5.64. The van der Waals surface area contributed by atoms with E-state index >= 15 is 0 Å². The van der Waals surface area contributed by atoms with Gasteiger partial charge in [-0.15, -0.1) is 0 Å². The van der Waals surface area contributed by atoms with E-state index in [1.807, 2.05) is 0 Å². The number of carboxylic acids is 1. The number of aromatic nitrogens is 2. The van der Waals surface area contributed by atoms with Gasteiger partial charge in [0.2, 0.25) is 5.91 Å². The van der Waals surface area contributed by atoms with E-state index in [-0.39, 0.29) is 11.6 Å². The van der Waals surface area contributed by atoms with Gasteiger partial charge in [0, 0.05) is 19.3 Å². The summed E-state index contributed by atoms with van der Waals surface area (Å²) in [6, 6.07) is 0. The maximum absolute atomic E-state index is 10.1. The van der Waals surface area contributed by atoms with Crippen LogP contribution >= 0.6 is 0 Å². The highest BCUT2D eigenvalue weighted by Gasteiger charge is 2.00. The molecule has 6 nitrogen and oxygen atoms in total. The van der Waals surface area contributed by atoms with Crippen molar-refractivity contribution in [3.63, 3.8) is 0 Å². The maximum Gasteiger partial charge on any atom is 0.356 e. The van der Waals surface area contributed by atoms with E-state index in [4.69, 9.17) is 5.11 Å². The van der Waals surface area contributed by atoms with Crippen LogP contribution in [0.4, 0.5) is 0 Å². The van der Waals surface area contributed by atoms with Gasteiger partial charge in [-0.05, 0) is 0 Å². The Labute approximate surface area is 74.4 Å². The summed E-state index contributed by atoms with van der Waals surface area (Å²) in [7, 11) is 0. The zero-order valence-corrected chi connectivity index (χ0v) is 6.97. The fourth-order valence-corrected chi connectivity index (χ4v) is 0.410. The molecule has 13 heavy (non-hydrogen) atoms. The van der Waals surface area contributed by atoms with Crippen molar-refractivity contribution < 1.29 is 14.7 Å². The van der Waals surface area contributed by atoms with Crippen molar-refractivity contribution in [1.82, 2.24) is 9.97 Å². The van der Waals surface area contributed by atoms with Crippen molar-refractivity contribution in [2.24, 2.45) is 5.73 Å². The molecule has 1 aromatic heterocycles. The number of carboxylic acid groups (broad SMARTS) is 1. The molecule has 0 aliphatic rings. The predicted molar refractivity (Wildman–Crippen MR) is 43.9 cm³/mol. The molecule has 1 heterocycles. The van der Waals surface area contributed by atoms with Crippen LogP contribution in [0.2, 0.25) is 0 Å². The Morgan fingerprint density at radius 2 is 2.00 bits per heavy atom. The minimum atomic E-state index is -1.05. The number of aromatic carboxylic acids is 1. The van der Waals surface area contributed by atoms with Crippen LogP contribution in [0.3, 0.4) is 0 Å². The molecule has 1 aromatic rings. The topological polar surface area (TPSA) is 106 Å². The first-order valence-corrected chi connectivity index (χ1v) is 3.29. The van der Waals surface area contributed by atoms with Gasteiger partial charge in [-0.2, -0.15) is 0 Å². The van der Waals surface area contributed by atoms with Gasteiger partial charge in [-0.25, -0.2) is 9.78 Å². The fourth-order valence-electron chi connectivity index (χ4n) is 0.410. The number of carbonyl (C=O) groups is 2. The zero-order valence-electron chi connectivity index (χ0n) is 6.97. The predicted octanol–water partition coefficient (Wildman–Crippen LogP) is -0.334. The molecule has 0 atom stereocenters. The second-order valence-corrected chi connectivity index (χ2v) is 2.01. The Balaban J connectivity index is 0.000000310. The summed E-state index contributed by atoms with van der Waals surface area (Å²) in [4.78, 5) is 26.4. The van der Waals surface area contributed by atoms with Crippen LogP contribution in [0, 0.1) is 0 Å². The minimum absolute atomic E-state index is 0.0301. The van der Waals surface area contributed by atoms with Gasteiger partial charge in [-0.3, -0.25) is 9.78 Å². The Bertz CT molecular complexity index is 282. The molecule has 0 saturated carbocycles. The average molecular weight is 183 g/mol. The Morgan fingerprint density at radius 1 is 1.46 bits per heavy atom. The van der Waals surface area contributed by atoms with Crippen LogP contribution < -0.4 is 5.73 Å². The number of nitrogens with zero attached hydrogens (tertiary/aromatic N) is 2. The largest absolute Gasteiger partial charge is 0.476 e. The lowest BCUT2D eigenvalue weighted by atomic mass is 10.5. The summed E-state index contributed by atoms with van der Waals surface area (Å²) in [5.41, 5.74) is 4.44. The van der Waals surface area contributed by atoms with Gasteiger partial charge in [0.25, 0.3) is 0 Å². The maximum atomic E-state index is 10.1. The first kappa shape index (κ1) is 11.0. The average Bonchev–Trinajstić information content (AvgIpc) is 2.05. The third-order valence-corrected chi connectivity index (χ3v) is 0.782. The first-order chi connectivity index (χ1) is 6.04. The van der Waals surface area contributed by atoms with Gasteiger partial charge in [0.1, 0.15) is 0 Å². The molecule has 0 radical (unpaired) electrons. The molecule has 0 spiro atoms. The molecule has 6 heteroatoms. The molecule has 3 N–H and O–H groups in total. The Morgan fingerprint density at radius 3 is 2.23 bits per heavy atom. The number of hydrogen-bond acceptors (Lipinski definition) is 4. The molecule has 0 aliphatic carbocycles. The number of rotatable bonds is 1. The molecule has 0 saturated heterocycles. The number of amides is 1. The lowest BCUT2D eigenvalue weighted by Gasteiger charge is -1.86. The van der Waals surface area contributed by atoms with E-state index in [1.165, 1.54) is 25.5 Å². The monoisotopic (exact) mass is 183 g/mol. The highest BCUT2D eigenvalue weighted by molar-refractivity contribution is 5.84. The number of hydrogen-bond donors (Lipinski definition) is 2. The molecule has 1 rings (SSSR count). The SMILES string of the molecule is CC(N)=O.O=C(O)c1cnccn1. The van der Waals surface area contributed by atoms with E-state index < -0.39 is 5.97 Å². The van der Waals surface area contributed by atoms with E-state index in [1.54, 1.807) is 0 Å². The van der Waals surface area contributed by atoms with E-state index in [2.05, 4.69) is 15.7 Å². The summed E-state index contributed by atoms with van der Waals surface area (Å²) in [5.74, 6) is -1.39. The molecule has 0 fully saturated rings. The minimum Gasteiger partial charge on any atom is -0.476 e. The summed E-state index contributed by atoms with van der Waals surface area (Å²) in [6.07, 6.45) is 3.96.